The van der Waals surface area contributed by atoms with Gasteiger partial charge in [0.25, 0.3) is 10.0 Å². The summed E-state index contributed by atoms with van der Waals surface area (Å²) >= 11 is 1.26. The van der Waals surface area contributed by atoms with E-state index in [1.54, 1.807) is 12.1 Å². The number of aromatic nitrogens is 2. The molecule has 0 atom stereocenters. The molecule has 0 radical (unpaired) electrons. The van der Waals surface area contributed by atoms with Gasteiger partial charge in [0, 0.05) is 12.1 Å². The molecule has 0 aliphatic carbocycles. The number of sulfonamides is 1. The van der Waals surface area contributed by atoms with E-state index in [9.17, 15) is 8.42 Å². The van der Waals surface area contributed by atoms with Gasteiger partial charge in [-0.3, -0.25) is 4.72 Å². The van der Waals surface area contributed by atoms with Crippen LogP contribution < -0.4 is 10.5 Å². The van der Waals surface area contributed by atoms with Gasteiger partial charge >= 0.3 is 0 Å². The number of hydrogen-bond acceptors (Lipinski definition) is 6. The lowest BCUT2D eigenvalue weighted by Gasteiger charge is -2.04. The number of nitrogen functional groups attached to an aromatic ring is 1. The van der Waals surface area contributed by atoms with E-state index in [1.165, 1.54) is 23.5 Å². The van der Waals surface area contributed by atoms with Crippen molar-refractivity contribution in [1.29, 1.82) is 0 Å². The van der Waals surface area contributed by atoms with Gasteiger partial charge in [0.15, 0.2) is 0 Å². The zero-order valence-corrected chi connectivity index (χ0v) is 12.7. The highest BCUT2D eigenvalue weighted by molar-refractivity contribution is 7.93. The van der Waals surface area contributed by atoms with Gasteiger partial charge in [-0.15, -0.1) is 10.2 Å². The average molecular weight is 312 g/mol. The van der Waals surface area contributed by atoms with Gasteiger partial charge in [-0.1, -0.05) is 24.7 Å². The predicted molar refractivity (Wildman–Crippen MR) is 80.2 cm³/mol. The molecular formula is C12H16N4O2S2. The van der Waals surface area contributed by atoms with Gasteiger partial charge in [-0.05, 0) is 30.7 Å². The Balaban J connectivity index is 2.12. The third-order valence-electron chi connectivity index (χ3n) is 2.62. The van der Waals surface area contributed by atoms with E-state index in [1.807, 2.05) is 0 Å². The third kappa shape index (κ3) is 3.67. The molecule has 0 amide bonds. The van der Waals surface area contributed by atoms with Gasteiger partial charge < -0.3 is 5.73 Å². The first kappa shape index (κ1) is 14.7. The Morgan fingerprint density at radius 1 is 1.25 bits per heavy atom. The molecule has 108 valence electrons. The van der Waals surface area contributed by atoms with E-state index >= 15 is 0 Å². The Labute approximate surface area is 122 Å². The van der Waals surface area contributed by atoms with Crippen LogP contribution in [0, 0.1) is 0 Å². The molecule has 2 aromatic rings. The van der Waals surface area contributed by atoms with Crippen molar-refractivity contribution in [2.24, 2.45) is 0 Å². The largest absolute Gasteiger partial charge is 0.399 e. The Hall–Kier alpha value is -1.67. The van der Waals surface area contributed by atoms with Gasteiger partial charge in [-0.25, -0.2) is 8.42 Å². The molecule has 0 fully saturated rings. The summed E-state index contributed by atoms with van der Waals surface area (Å²) in [6.45, 7) is 2.09. The van der Waals surface area contributed by atoms with E-state index < -0.39 is 10.0 Å². The molecule has 0 bridgehead atoms. The molecule has 8 heteroatoms. The summed E-state index contributed by atoms with van der Waals surface area (Å²) in [5.74, 6) is 0. The lowest BCUT2D eigenvalue weighted by Crippen LogP contribution is -2.12. The molecule has 1 aromatic heterocycles. The summed E-state index contributed by atoms with van der Waals surface area (Å²) < 4.78 is 26.7. The second kappa shape index (κ2) is 6.19. The van der Waals surface area contributed by atoms with Gasteiger partial charge in [-0.2, -0.15) is 0 Å². The molecular weight excluding hydrogens is 296 g/mol. The Bertz CT molecular complexity index is 665. The van der Waals surface area contributed by atoms with E-state index in [-0.39, 0.29) is 10.0 Å². The molecule has 3 N–H and O–H groups in total. The van der Waals surface area contributed by atoms with Crippen LogP contribution >= 0.6 is 11.3 Å². The number of unbranched alkanes of at least 4 members (excludes halogenated alkanes) is 1. The number of nitrogens with zero attached hydrogens (tertiary/aromatic N) is 2. The monoisotopic (exact) mass is 312 g/mol. The molecule has 0 saturated carbocycles. The minimum atomic E-state index is -3.63. The molecule has 0 saturated heterocycles. The van der Waals surface area contributed by atoms with Gasteiger partial charge in [0.2, 0.25) is 5.13 Å². The molecule has 1 aromatic carbocycles. The van der Waals surface area contributed by atoms with Crippen molar-refractivity contribution in [2.75, 3.05) is 10.5 Å². The minimum Gasteiger partial charge on any atom is -0.399 e. The maximum atomic E-state index is 12.1. The summed E-state index contributed by atoms with van der Waals surface area (Å²) in [5, 5.41) is 8.94. The first-order valence-corrected chi connectivity index (χ1v) is 8.52. The van der Waals surface area contributed by atoms with Crippen LogP contribution in [0.2, 0.25) is 0 Å². The maximum Gasteiger partial charge on any atom is 0.263 e. The van der Waals surface area contributed by atoms with Crippen LogP contribution in [0.15, 0.2) is 29.2 Å². The van der Waals surface area contributed by atoms with Crippen LogP contribution in [0.4, 0.5) is 10.8 Å². The van der Waals surface area contributed by atoms with Crippen molar-refractivity contribution in [3.8, 4) is 0 Å². The molecule has 6 nitrogen and oxygen atoms in total. The Morgan fingerprint density at radius 2 is 1.95 bits per heavy atom. The van der Waals surface area contributed by atoms with Crippen LogP contribution in [0.3, 0.4) is 0 Å². The standard InChI is InChI=1S/C12H16N4O2S2/c1-2-3-4-11-14-15-12(19-11)16-20(17,18)10-7-5-9(13)6-8-10/h5-8H,2-4,13H2,1H3,(H,15,16). The molecule has 0 spiro atoms. The first-order chi connectivity index (χ1) is 9.51. The predicted octanol–water partition coefficient (Wildman–Crippen LogP) is 2.26. The van der Waals surface area contributed by atoms with Crippen molar-refractivity contribution in [3.63, 3.8) is 0 Å². The van der Waals surface area contributed by atoms with Crippen molar-refractivity contribution < 1.29 is 8.42 Å². The lowest BCUT2D eigenvalue weighted by atomic mass is 10.3. The topological polar surface area (TPSA) is 98.0 Å². The first-order valence-electron chi connectivity index (χ1n) is 6.22. The van der Waals surface area contributed by atoms with E-state index in [0.29, 0.717) is 5.69 Å². The fourth-order valence-corrected chi connectivity index (χ4v) is 3.56. The van der Waals surface area contributed by atoms with Crippen LogP contribution in [-0.4, -0.2) is 18.6 Å². The highest BCUT2D eigenvalue weighted by atomic mass is 32.2. The quantitative estimate of drug-likeness (QED) is 0.797. The number of aryl methyl sites for hydroxylation is 1. The van der Waals surface area contributed by atoms with E-state index in [0.717, 1.165) is 24.3 Å². The van der Waals surface area contributed by atoms with Crippen molar-refractivity contribution in [2.45, 2.75) is 31.1 Å². The average Bonchev–Trinajstić information content (AvgIpc) is 2.83. The van der Waals surface area contributed by atoms with E-state index in [4.69, 9.17) is 5.73 Å². The fraction of sp³-hybridized carbons (Fsp3) is 0.333. The normalized spacial score (nSPS) is 11.4. The molecule has 20 heavy (non-hydrogen) atoms. The van der Waals surface area contributed by atoms with Gasteiger partial charge in [0.05, 0.1) is 4.90 Å². The number of benzene rings is 1. The second-order valence-corrected chi connectivity index (χ2v) is 7.02. The number of anilines is 2. The SMILES string of the molecule is CCCCc1nnc(NS(=O)(=O)c2ccc(N)cc2)s1. The Morgan fingerprint density at radius 3 is 2.60 bits per heavy atom. The summed E-state index contributed by atoms with van der Waals surface area (Å²) in [7, 11) is -3.63. The van der Waals surface area contributed by atoms with Crippen LogP contribution in [0.25, 0.3) is 0 Å². The lowest BCUT2D eigenvalue weighted by molar-refractivity contribution is 0.601. The molecule has 0 unspecified atom stereocenters. The van der Waals surface area contributed by atoms with E-state index in [2.05, 4.69) is 21.8 Å². The molecule has 1 heterocycles. The molecule has 0 aliphatic heterocycles. The summed E-state index contributed by atoms with van der Waals surface area (Å²) in [4.78, 5) is 0.150. The van der Waals surface area contributed by atoms with Crippen molar-refractivity contribution in [3.05, 3.63) is 29.3 Å². The highest BCUT2D eigenvalue weighted by Gasteiger charge is 2.16. The fourth-order valence-electron chi connectivity index (χ4n) is 1.54. The van der Waals surface area contributed by atoms with Crippen LogP contribution in [0.1, 0.15) is 24.8 Å². The number of rotatable bonds is 6. The van der Waals surface area contributed by atoms with Crippen molar-refractivity contribution >= 4 is 32.2 Å². The zero-order valence-electron chi connectivity index (χ0n) is 11.0. The number of nitrogens with two attached hydrogens (primary N) is 1. The minimum absolute atomic E-state index is 0.150. The summed E-state index contributed by atoms with van der Waals surface area (Å²) in [6, 6.07) is 6.00. The number of hydrogen-bond donors (Lipinski definition) is 2. The summed E-state index contributed by atoms with van der Waals surface area (Å²) in [5.41, 5.74) is 6.05. The Kier molecular flexibility index (Phi) is 4.56. The van der Waals surface area contributed by atoms with Crippen LogP contribution in [-0.2, 0) is 16.4 Å². The maximum absolute atomic E-state index is 12.1. The second-order valence-electron chi connectivity index (χ2n) is 4.28. The van der Waals surface area contributed by atoms with Gasteiger partial charge in [0.1, 0.15) is 5.01 Å². The van der Waals surface area contributed by atoms with Crippen molar-refractivity contribution in [1.82, 2.24) is 10.2 Å². The highest BCUT2D eigenvalue weighted by Crippen LogP contribution is 2.21. The summed E-state index contributed by atoms with van der Waals surface area (Å²) in [6.07, 6.45) is 2.89. The smallest absolute Gasteiger partial charge is 0.263 e. The third-order valence-corrected chi connectivity index (χ3v) is 5.01. The molecule has 2 rings (SSSR count). The molecule has 0 aliphatic rings. The zero-order chi connectivity index (χ0) is 14.6. The van der Waals surface area contributed by atoms with Crippen LogP contribution in [0.5, 0.6) is 0 Å². The number of nitrogens with one attached hydrogen (secondary N) is 1.